The van der Waals surface area contributed by atoms with Gasteiger partial charge in [-0.25, -0.2) is 9.59 Å². The molecule has 0 spiro atoms. The number of rotatable bonds is 6. The molecule has 3 heterocycles. The van der Waals surface area contributed by atoms with E-state index in [1.165, 1.54) is 9.80 Å². The Labute approximate surface area is 201 Å². The van der Waals surface area contributed by atoms with Crippen LogP contribution >= 0.6 is 0 Å². The van der Waals surface area contributed by atoms with Crippen molar-refractivity contribution in [2.75, 3.05) is 19.7 Å². The highest BCUT2D eigenvalue weighted by atomic mass is 16.6. The molecule has 9 nitrogen and oxygen atoms in total. The summed E-state index contributed by atoms with van der Waals surface area (Å²) in [7, 11) is 0. The Hall–Kier alpha value is -4.14. The molecule has 1 atom stereocenters. The van der Waals surface area contributed by atoms with E-state index in [0.29, 0.717) is 36.9 Å². The van der Waals surface area contributed by atoms with Crippen molar-refractivity contribution in [3.8, 4) is 0 Å². The smallest absolute Gasteiger partial charge is 0.410 e. The van der Waals surface area contributed by atoms with Gasteiger partial charge in [0.25, 0.3) is 11.7 Å². The summed E-state index contributed by atoms with van der Waals surface area (Å²) < 4.78 is 10.6. The normalized spacial score (nSPS) is 18.5. The average molecular weight is 476 g/mol. The van der Waals surface area contributed by atoms with Gasteiger partial charge in [-0.15, -0.1) is 0 Å². The van der Waals surface area contributed by atoms with Gasteiger partial charge in [0.1, 0.15) is 13.2 Å². The molecule has 2 aliphatic heterocycles. The van der Waals surface area contributed by atoms with E-state index in [2.05, 4.69) is 4.98 Å². The number of aromatic amines is 1. The lowest BCUT2D eigenvalue weighted by Gasteiger charge is -2.36. The van der Waals surface area contributed by atoms with E-state index in [1.54, 1.807) is 12.3 Å². The number of hydrogen-bond donors (Lipinski definition) is 1. The average Bonchev–Trinajstić information content (AvgIpc) is 3.51. The number of H-pyrrole nitrogens is 1. The fourth-order valence-electron chi connectivity index (χ4n) is 4.71. The Balaban J connectivity index is 1.20. The van der Waals surface area contributed by atoms with Gasteiger partial charge in [-0.2, -0.15) is 0 Å². The quantitative estimate of drug-likeness (QED) is 0.334. The molecule has 1 N–H and O–H groups in total. The van der Waals surface area contributed by atoms with Gasteiger partial charge in [0.15, 0.2) is 6.04 Å². The van der Waals surface area contributed by atoms with Crippen molar-refractivity contribution in [1.82, 2.24) is 14.8 Å². The van der Waals surface area contributed by atoms with Crippen molar-refractivity contribution >= 4 is 34.7 Å². The molecular weight excluding hydrogens is 450 g/mol. The summed E-state index contributed by atoms with van der Waals surface area (Å²) in [6.07, 6.45) is 1.87. The number of fused-ring (bicyclic) bond motifs is 1. The second-order valence-electron chi connectivity index (χ2n) is 8.69. The predicted octanol–water partition coefficient (Wildman–Crippen LogP) is 2.91. The van der Waals surface area contributed by atoms with Gasteiger partial charge < -0.3 is 19.4 Å². The van der Waals surface area contributed by atoms with Gasteiger partial charge in [0, 0.05) is 36.2 Å². The molecule has 2 saturated heterocycles. The monoisotopic (exact) mass is 475 g/mol. The number of piperidine rings is 1. The second kappa shape index (κ2) is 9.61. The van der Waals surface area contributed by atoms with Gasteiger partial charge in [0.05, 0.1) is 5.56 Å². The van der Waals surface area contributed by atoms with Gasteiger partial charge in [-0.3, -0.25) is 14.5 Å². The molecule has 3 aromatic rings. The van der Waals surface area contributed by atoms with E-state index in [0.717, 1.165) is 11.1 Å². The lowest BCUT2D eigenvalue weighted by Crippen LogP contribution is -2.52. The van der Waals surface area contributed by atoms with Crippen LogP contribution in [0.5, 0.6) is 0 Å². The summed E-state index contributed by atoms with van der Waals surface area (Å²) in [5.74, 6) is -1.66. The summed E-state index contributed by atoms with van der Waals surface area (Å²) in [4.78, 5) is 56.9. The number of likely N-dealkylation sites (tertiary alicyclic amines) is 1. The first-order valence-corrected chi connectivity index (χ1v) is 11.6. The third kappa shape index (κ3) is 4.49. The highest BCUT2D eigenvalue weighted by Gasteiger charge is 2.44. The van der Waals surface area contributed by atoms with E-state index in [1.807, 2.05) is 48.5 Å². The first-order valence-electron chi connectivity index (χ1n) is 11.6. The standard InChI is InChI=1S/C26H25N3O6/c30-23(20-14-27-21-9-5-4-8-19(20)21)24(31)28-12-10-18(11-13-28)29-22(16-35-26(29)33)25(32)34-15-17-6-2-1-3-7-17/h1-9,14,18,22,27H,10-13,15-16H2. The number of carbonyl (C=O) groups excluding carboxylic acids is 4. The van der Waals surface area contributed by atoms with Gasteiger partial charge in [-0.05, 0) is 24.5 Å². The number of cyclic esters (lactones) is 1. The molecule has 9 heteroatoms. The minimum absolute atomic E-state index is 0.0648. The first-order chi connectivity index (χ1) is 17.0. The molecule has 0 saturated carbocycles. The van der Waals surface area contributed by atoms with Crippen LogP contribution < -0.4 is 0 Å². The van der Waals surface area contributed by atoms with E-state index < -0.39 is 29.8 Å². The molecule has 1 unspecified atom stereocenters. The first kappa shape index (κ1) is 22.6. The number of carbonyl (C=O) groups is 4. The van der Waals surface area contributed by atoms with Crippen molar-refractivity contribution < 1.29 is 28.7 Å². The van der Waals surface area contributed by atoms with Gasteiger partial charge in [-0.1, -0.05) is 48.5 Å². The summed E-state index contributed by atoms with van der Waals surface area (Å²) in [5.41, 5.74) is 1.99. The van der Waals surface area contributed by atoms with Crippen LogP contribution in [0.4, 0.5) is 4.79 Å². The topological polar surface area (TPSA) is 109 Å². The third-order valence-electron chi connectivity index (χ3n) is 6.58. The van der Waals surface area contributed by atoms with Crippen LogP contribution in [0.1, 0.15) is 28.8 Å². The molecule has 1 aromatic heterocycles. The van der Waals surface area contributed by atoms with E-state index in [9.17, 15) is 19.2 Å². The fourth-order valence-corrected chi connectivity index (χ4v) is 4.71. The molecule has 0 bridgehead atoms. The number of ketones is 1. The number of hydrogen-bond acceptors (Lipinski definition) is 6. The Morgan fingerprint density at radius 3 is 2.49 bits per heavy atom. The summed E-state index contributed by atoms with van der Waals surface area (Å²) in [6, 6.07) is 15.5. The number of amides is 2. The van der Waals surface area contributed by atoms with Crippen LogP contribution in [0.25, 0.3) is 10.9 Å². The van der Waals surface area contributed by atoms with Gasteiger partial charge >= 0.3 is 12.1 Å². The zero-order valence-electron chi connectivity index (χ0n) is 19.0. The zero-order chi connectivity index (χ0) is 24.4. The lowest BCUT2D eigenvalue weighted by atomic mass is 10.0. The maximum absolute atomic E-state index is 12.9. The van der Waals surface area contributed by atoms with E-state index >= 15 is 0 Å². The maximum Gasteiger partial charge on any atom is 0.410 e. The SMILES string of the molecule is O=C(C(=O)N1CCC(N2C(=O)OCC2C(=O)OCc2ccccc2)CC1)c1c[nH]c2ccccc12. The molecule has 2 aliphatic rings. The largest absolute Gasteiger partial charge is 0.459 e. The number of esters is 1. The second-order valence-corrected chi connectivity index (χ2v) is 8.69. The Morgan fingerprint density at radius 1 is 1.00 bits per heavy atom. The van der Waals surface area contributed by atoms with Crippen molar-refractivity contribution in [2.24, 2.45) is 0 Å². The Kier molecular flexibility index (Phi) is 6.22. The lowest BCUT2D eigenvalue weighted by molar-refractivity contribution is -0.150. The van der Waals surface area contributed by atoms with Crippen LogP contribution in [-0.2, 0) is 25.7 Å². The number of nitrogens with one attached hydrogen (secondary N) is 1. The molecular formula is C26H25N3O6. The van der Waals surface area contributed by atoms with Crippen molar-refractivity contribution in [1.29, 1.82) is 0 Å². The highest BCUT2D eigenvalue weighted by Crippen LogP contribution is 2.26. The zero-order valence-corrected chi connectivity index (χ0v) is 19.0. The summed E-state index contributed by atoms with van der Waals surface area (Å²) in [5, 5.41) is 0.706. The molecule has 2 aromatic carbocycles. The van der Waals surface area contributed by atoms with Crippen LogP contribution in [0.15, 0.2) is 60.8 Å². The Morgan fingerprint density at radius 2 is 1.71 bits per heavy atom. The fraction of sp³-hybridized carbons (Fsp3) is 0.308. The van der Waals surface area contributed by atoms with Crippen LogP contribution in [0, 0.1) is 0 Å². The number of Topliss-reactive ketones (excluding diaryl/α,β-unsaturated/α-hetero) is 1. The van der Waals surface area contributed by atoms with Gasteiger partial charge in [0.2, 0.25) is 0 Å². The van der Waals surface area contributed by atoms with Crippen molar-refractivity contribution in [3.63, 3.8) is 0 Å². The van der Waals surface area contributed by atoms with E-state index in [4.69, 9.17) is 9.47 Å². The number of benzene rings is 2. The molecule has 180 valence electrons. The summed E-state index contributed by atoms with van der Waals surface area (Å²) >= 11 is 0. The molecule has 2 amide bonds. The van der Waals surface area contributed by atoms with Crippen LogP contribution in [-0.4, -0.2) is 70.3 Å². The minimum Gasteiger partial charge on any atom is -0.459 e. The molecule has 0 aliphatic carbocycles. The highest BCUT2D eigenvalue weighted by molar-refractivity contribution is 6.44. The van der Waals surface area contributed by atoms with Crippen LogP contribution in [0.2, 0.25) is 0 Å². The molecule has 0 radical (unpaired) electrons. The van der Waals surface area contributed by atoms with Crippen molar-refractivity contribution in [2.45, 2.75) is 31.5 Å². The number of aromatic nitrogens is 1. The Bertz CT molecular complexity index is 1260. The predicted molar refractivity (Wildman–Crippen MR) is 125 cm³/mol. The summed E-state index contributed by atoms with van der Waals surface area (Å²) in [6.45, 7) is 0.645. The number of ether oxygens (including phenoxy) is 2. The van der Waals surface area contributed by atoms with Crippen LogP contribution in [0.3, 0.4) is 0 Å². The molecule has 5 rings (SSSR count). The number of para-hydroxylation sites is 1. The third-order valence-corrected chi connectivity index (χ3v) is 6.58. The van der Waals surface area contributed by atoms with Crippen molar-refractivity contribution in [3.05, 3.63) is 71.9 Å². The molecule has 35 heavy (non-hydrogen) atoms. The molecule has 2 fully saturated rings. The number of nitrogens with zero attached hydrogens (tertiary/aromatic N) is 2. The minimum atomic E-state index is -0.827. The maximum atomic E-state index is 12.9. The van der Waals surface area contributed by atoms with E-state index in [-0.39, 0.29) is 19.3 Å².